The molecule has 1 unspecified atom stereocenters. The van der Waals surface area contributed by atoms with Gasteiger partial charge in [0.25, 0.3) is 10.0 Å². The van der Waals surface area contributed by atoms with Crippen molar-refractivity contribution in [1.82, 2.24) is 19.8 Å². The minimum Gasteiger partial charge on any atom is -0.381 e. The lowest BCUT2D eigenvalue weighted by Crippen LogP contribution is -2.46. The van der Waals surface area contributed by atoms with E-state index in [4.69, 9.17) is 11.6 Å². The van der Waals surface area contributed by atoms with Gasteiger partial charge in [-0.3, -0.25) is 9.62 Å². The van der Waals surface area contributed by atoms with E-state index in [1.54, 1.807) is 17.8 Å². The van der Waals surface area contributed by atoms with Gasteiger partial charge in [0.15, 0.2) is 5.82 Å². The number of benzene rings is 5. The van der Waals surface area contributed by atoms with Crippen molar-refractivity contribution in [2.24, 2.45) is 0 Å². The topological polar surface area (TPSA) is 93.7 Å². The van der Waals surface area contributed by atoms with Crippen LogP contribution < -0.4 is 14.9 Å². The zero-order valence-corrected chi connectivity index (χ0v) is 35.1. The summed E-state index contributed by atoms with van der Waals surface area (Å²) in [5.74, 6) is 0.481. The van der Waals surface area contributed by atoms with Gasteiger partial charge in [-0.1, -0.05) is 66.2 Å². The molecule has 5 aromatic carbocycles. The van der Waals surface area contributed by atoms with Gasteiger partial charge in [-0.2, -0.15) is 13.2 Å². The number of rotatable bonds is 15. The van der Waals surface area contributed by atoms with Crippen LogP contribution in [0.3, 0.4) is 0 Å². The number of fused-ring (bicyclic) bond motifs is 1. The SMILES string of the molecule is CN(C)CCC(CSc1ccccc1)Nc1ccc(S(=O)(=O)Nc2ncnc3cc(N4CCN(Cc5cc(Cl)ccc5-c5ccccc5)CC4)ccc23)cc1C(F)(F)F. The van der Waals surface area contributed by atoms with Crippen molar-refractivity contribution >= 4 is 61.5 Å². The molecule has 0 amide bonds. The van der Waals surface area contributed by atoms with Gasteiger partial charge >= 0.3 is 6.18 Å². The third kappa shape index (κ3) is 10.9. The molecule has 1 aromatic heterocycles. The fourth-order valence-electron chi connectivity index (χ4n) is 7.10. The number of nitrogens with one attached hydrogen (secondary N) is 2. The van der Waals surface area contributed by atoms with Crippen LogP contribution in [-0.4, -0.2) is 86.8 Å². The molecule has 1 fully saturated rings. The van der Waals surface area contributed by atoms with Crippen molar-refractivity contribution in [3.05, 3.63) is 138 Å². The highest BCUT2D eigenvalue weighted by molar-refractivity contribution is 7.99. The molecule has 1 saturated heterocycles. The zero-order chi connectivity index (χ0) is 41.6. The normalized spacial score (nSPS) is 14.5. The summed E-state index contributed by atoms with van der Waals surface area (Å²) in [6.45, 7) is 4.53. The Morgan fingerprint density at radius 3 is 2.31 bits per heavy atom. The van der Waals surface area contributed by atoms with E-state index in [0.717, 1.165) is 60.0 Å². The number of sulfonamides is 1. The van der Waals surface area contributed by atoms with E-state index in [9.17, 15) is 21.6 Å². The molecule has 1 atom stereocenters. The lowest BCUT2D eigenvalue weighted by atomic mass is 9.99. The van der Waals surface area contributed by atoms with E-state index in [-0.39, 0.29) is 17.5 Å². The predicted molar refractivity (Wildman–Crippen MR) is 234 cm³/mol. The Balaban J connectivity index is 1.04. The Kier molecular flexibility index (Phi) is 13.3. The van der Waals surface area contributed by atoms with Gasteiger partial charge in [-0.25, -0.2) is 18.4 Å². The van der Waals surface area contributed by atoms with Crippen LogP contribution in [0.25, 0.3) is 22.0 Å². The number of hydrogen-bond acceptors (Lipinski definition) is 9. The summed E-state index contributed by atoms with van der Waals surface area (Å²) < 4.78 is 73.6. The smallest absolute Gasteiger partial charge is 0.381 e. The second-order valence-corrected chi connectivity index (χ2v) is 17.9. The molecule has 1 aliphatic heterocycles. The lowest BCUT2D eigenvalue weighted by Gasteiger charge is -2.36. The summed E-state index contributed by atoms with van der Waals surface area (Å²) in [5, 5.41) is 4.19. The van der Waals surface area contributed by atoms with E-state index in [0.29, 0.717) is 40.7 Å². The maximum absolute atomic E-state index is 14.6. The van der Waals surface area contributed by atoms with E-state index in [2.05, 4.69) is 48.0 Å². The molecule has 0 spiro atoms. The van der Waals surface area contributed by atoms with Gasteiger partial charge in [0.2, 0.25) is 0 Å². The predicted octanol–water partition coefficient (Wildman–Crippen LogP) is 9.62. The van der Waals surface area contributed by atoms with Crippen LogP contribution in [-0.2, 0) is 22.7 Å². The molecule has 2 N–H and O–H groups in total. The summed E-state index contributed by atoms with van der Waals surface area (Å²) in [4.78, 5) is 15.7. The molecule has 0 aliphatic carbocycles. The molecular weight excluding hydrogens is 815 g/mol. The second-order valence-electron chi connectivity index (χ2n) is 14.7. The largest absolute Gasteiger partial charge is 0.418 e. The Morgan fingerprint density at radius 2 is 1.59 bits per heavy atom. The van der Waals surface area contributed by atoms with Gasteiger partial charge in [0, 0.05) is 71.2 Å². The van der Waals surface area contributed by atoms with Gasteiger partial charge < -0.3 is 15.1 Å². The van der Waals surface area contributed by atoms with Crippen LogP contribution in [0.5, 0.6) is 0 Å². The maximum Gasteiger partial charge on any atom is 0.418 e. The maximum atomic E-state index is 14.6. The first-order valence-electron chi connectivity index (χ1n) is 19.2. The number of hydrogen-bond donors (Lipinski definition) is 2. The fourth-order valence-corrected chi connectivity index (χ4v) is 9.35. The van der Waals surface area contributed by atoms with E-state index in [1.165, 1.54) is 18.5 Å². The number of piperazine rings is 1. The van der Waals surface area contributed by atoms with Crippen LogP contribution >= 0.6 is 23.4 Å². The Morgan fingerprint density at radius 1 is 0.864 bits per heavy atom. The summed E-state index contributed by atoms with van der Waals surface area (Å²) in [6, 6.07) is 34.1. The summed E-state index contributed by atoms with van der Waals surface area (Å²) >= 11 is 7.96. The lowest BCUT2D eigenvalue weighted by molar-refractivity contribution is -0.137. The highest BCUT2D eigenvalue weighted by Gasteiger charge is 2.36. The van der Waals surface area contributed by atoms with Crippen molar-refractivity contribution in [3.63, 3.8) is 0 Å². The average Bonchev–Trinajstić information content (AvgIpc) is 3.22. The zero-order valence-electron chi connectivity index (χ0n) is 32.7. The van der Waals surface area contributed by atoms with Crippen LogP contribution in [0.1, 0.15) is 17.5 Å². The van der Waals surface area contributed by atoms with E-state index < -0.39 is 26.7 Å². The van der Waals surface area contributed by atoms with Crippen molar-refractivity contribution < 1.29 is 21.6 Å². The molecule has 15 heteroatoms. The first-order chi connectivity index (χ1) is 28.3. The van der Waals surface area contributed by atoms with Crippen molar-refractivity contribution in [1.29, 1.82) is 0 Å². The Bertz CT molecular complexity index is 2470. The monoisotopic (exact) mass is 859 g/mol. The quantitative estimate of drug-likeness (QED) is 0.0980. The van der Waals surface area contributed by atoms with Crippen molar-refractivity contribution in [2.75, 3.05) is 67.5 Å². The molecule has 0 bridgehead atoms. The van der Waals surface area contributed by atoms with Crippen LogP contribution in [0.4, 0.5) is 30.4 Å². The van der Waals surface area contributed by atoms with Crippen LogP contribution in [0, 0.1) is 0 Å². The number of aromatic nitrogens is 2. The molecule has 7 rings (SSSR count). The Hall–Kier alpha value is -4.86. The van der Waals surface area contributed by atoms with Gasteiger partial charge in [0.05, 0.1) is 16.0 Å². The standard InChI is InChI=1S/C44H45ClF3N7O2S2/c1-53(2)20-19-34(29-58-36-11-7-4-8-12-36)51-41-18-15-37(27-40(41)44(46,47)48)59(56,57)52-43-39-17-14-35(26-42(39)49-30-50-43)55-23-21-54(22-24-55)28-32-25-33(45)13-16-38(32)31-9-5-3-6-10-31/h3-18,25-27,30,34,51H,19-24,28-29H2,1-2H3,(H,49,50,52). The van der Waals surface area contributed by atoms with E-state index in [1.807, 2.05) is 91.8 Å². The highest BCUT2D eigenvalue weighted by atomic mass is 35.5. The Labute approximate surface area is 352 Å². The number of nitrogens with zero attached hydrogens (tertiary/aromatic N) is 5. The van der Waals surface area contributed by atoms with Gasteiger partial charge in [0.1, 0.15) is 6.33 Å². The highest BCUT2D eigenvalue weighted by Crippen LogP contribution is 2.38. The van der Waals surface area contributed by atoms with Gasteiger partial charge in [-0.05, 0) is 104 Å². The first kappa shape index (κ1) is 42.3. The molecule has 0 saturated carbocycles. The average molecular weight is 860 g/mol. The minimum atomic E-state index is -4.82. The number of halogens is 4. The summed E-state index contributed by atoms with van der Waals surface area (Å²) in [5.41, 5.74) is 3.62. The molecule has 6 aromatic rings. The molecular formula is C44H45ClF3N7O2S2. The third-order valence-corrected chi connectivity index (χ3v) is 13.0. The minimum absolute atomic E-state index is 0.0282. The summed E-state index contributed by atoms with van der Waals surface area (Å²) in [6.07, 6.45) is -3.01. The number of anilines is 3. The molecule has 59 heavy (non-hydrogen) atoms. The van der Waals surface area contributed by atoms with Crippen molar-refractivity contribution in [2.45, 2.75) is 35.0 Å². The molecule has 0 radical (unpaired) electrons. The first-order valence-corrected chi connectivity index (χ1v) is 22.1. The second kappa shape index (κ2) is 18.6. The number of alkyl halides is 3. The van der Waals surface area contributed by atoms with Crippen LogP contribution in [0.2, 0.25) is 5.02 Å². The van der Waals surface area contributed by atoms with E-state index >= 15 is 0 Å². The molecule has 2 heterocycles. The number of thioether (sulfide) groups is 1. The molecule has 1 aliphatic rings. The molecule has 9 nitrogen and oxygen atoms in total. The summed E-state index contributed by atoms with van der Waals surface area (Å²) in [7, 11) is -0.679. The van der Waals surface area contributed by atoms with Crippen LogP contribution in [0.15, 0.2) is 131 Å². The third-order valence-electron chi connectivity index (χ3n) is 10.2. The van der Waals surface area contributed by atoms with Crippen molar-refractivity contribution in [3.8, 4) is 11.1 Å². The molecule has 308 valence electrons. The van der Waals surface area contributed by atoms with Gasteiger partial charge in [-0.15, -0.1) is 11.8 Å². The fraction of sp³-hybridized carbons (Fsp3) is 0.273.